The summed E-state index contributed by atoms with van der Waals surface area (Å²) in [5, 5.41) is 11.9. The number of hydrogen-bond acceptors (Lipinski definition) is 2. The van der Waals surface area contributed by atoms with Gasteiger partial charge >= 0.3 is 116 Å². The van der Waals surface area contributed by atoms with Crippen LogP contribution in [0.15, 0.2) is 12.1 Å². The van der Waals surface area contributed by atoms with Crippen LogP contribution in [0.5, 0.6) is 0 Å². The maximum absolute atomic E-state index is 12.3. The molecule has 4 heteroatoms. The quantitative estimate of drug-likeness (QED) is 0.864. The zero-order valence-electron chi connectivity index (χ0n) is 12.6. The van der Waals surface area contributed by atoms with Gasteiger partial charge in [-0.05, 0) is 0 Å². The summed E-state index contributed by atoms with van der Waals surface area (Å²) < 4.78 is 0. The van der Waals surface area contributed by atoms with Crippen molar-refractivity contribution in [2.24, 2.45) is 0 Å². The van der Waals surface area contributed by atoms with Crippen LogP contribution in [0.3, 0.4) is 0 Å². The first kappa shape index (κ1) is 15.7. The third-order valence-electron chi connectivity index (χ3n) is 3.60. The number of rotatable bonds is 3. The van der Waals surface area contributed by atoms with Crippen LogP contribution in [0, 0.1) is 25.2 Å². The summed E-state index contributed by atoms with van der Waals surface area (Å²) in [6, 6.07) is 5.75. The monoisotopic (exact) mass is 278 g/mol. The molecule has 19 heavy (non-hydrogen) atoms. The van der Waals surface area contributed by atoms with Crippen molar-refractivity contribution < 1.29 is 4.79 Å². The number of carbonyl (C=O) groups excluding carboxylic acids is 1. The van der Waals surface area contributed by atoms with Crippen molar-refractivity contribution >= 4 is 18.9 Å². The van der Waals surface area contributed by atoms with Gasteiger partial charge in [-0.1, -0.05) is 0 Å². The van der Waals surface area contributed by atoms with E-state index in [1.807, 2.05) is 32.9 Å². The molecule has 104 valence electrons. The average molecular weight is 278 g/mol. The molecule has 1 aromatic carbocycles. The molecule has 0 saturated carbocycles. The summed E-state index contributed by atoms with van der Waals surface area (Å²) in [6.07, 6.45) is 0. The van der Waals surface area contributed by atoms with E-state index < -0.39 is 7.26 Å². The van der Waals surface area contributed by atoms with E-state index in [4.69, 9.17) is 5.26 Å². The molecule has 1 aromatic rings. The molecule has 3 nitrogen and oxygen atoms in total. The number of nitrogens with one attached hydrogen (secondary N) is 1. The number of hydrogen-bond donors (Lipinski definition) is 1. The van der Waals surface area contributed by atoms with Crippen molar-refractivity contribution in [2.45, 2.75) is 26.4 Å². The standard InChI is InChI=1S/C15H23N2OP/c1-10-7-13(9-16)8-11(2)14(10)17-15(18)12(3)19(4,5)6/h7-8,12,19H,1-6H3,(H,17,18). The Hall–Kier alpha value is -1.39. The molecular formula is C15H23N2OP. The van der Waals surface area contributed by atoms with Crippen LogP contribution in [-0.4, -0.2) is 31.6 Å². The molecule has 1 rings (SSSR count). The van der Waals surface area contributed by atoms with E-state index in [0.29, 0.717) is 5.56 Å². The molecule has 0 radical (unpaired) electrons. The molecule has 0 aromatic heterocycles. The zero-order chi connectivity index (χ0) is 14.8. The van der Waals surface area contributed by atoms with Crippen LogP contribution in [0.25, 0.3) is 0 Å². The van der Waals surface area contributed by atoms with Gasteiger partial charge in [-0.3, -0.25) is 0 Å². The van der Waals surface area contributed by atoms with Gasteiger partial charge < -0.3 is 0 Å². The summed E-state index contributed by atoms with van der Waals surface area (Å²) in [5.74, 6) is 0.0788. The summed E-state index contributed by atoms with van der Waals surface area (Å²) >= 11 is 0. The number of amides is 1. The Labute approximate surface area is 116 Å². The Morgan fingerprint density at radius 1 is 1.26 bits per heavy atom. The first-order valence-electron chi connectivity index (χ1n) is 6.49. The van der Waals surface area contributed by atoms with Gasteiger partial charge in [-0.2, -0.15) is 0 Å². The van der Waals surface area contributed by atoms with E-state index in [1.165, 1.54) is 0 Å². The molecule has 1 unspecified atom stereocenters. The fraction of sp³-hybridized carbons (Fsp3) is 0.467. The van der Waals surface area contributed by atoms with Crippen molar-refractivity contribution in [1.82, 2.24) is 0 Å². The minimum atomic E-state index is -1.49. The van der Waals surface area contributed by atoms with Crippen molar-refractivity contribution in [3.63, 3.8) is 0 Å². The molecule has 0 aliphatic rings. The molecule has 0 fully saturated rings. The van der Waals surface area contributed by atoms with E-state index in [9.17, 15) is 4.79 Å². The van der Waals surface area contributed by atoms with Crippen LogP contribution >= 0.6 is 7.26 Å². The van der Waals surface area contributed by atoms with Gasteiger partial charge in [0, 0.05) is 0 Å². The predicted molar refractivity (Wildman–Crippen MR) is 84.8 cm³/mol. The molecule has 1 amide bonds. The van der Waals surface area contributed by atoms with Crippen LogP contribution in [0.1, 0.15) is 23.6 Å². The molecule has 1 atom stereocenters. The van der Waals surface area contributed by atoms with Gasteiger partial charge in [0.05, 0.1) is 0 Å². The maximum atomic E-state index is 12.3. The van der Waals surface area contributed by atoms with E-state index in [2.05, 4.69) is 31.4 Å². The first-order valence-corrected chi connectivity index (χ1v) is 10.1. The molecule has 0 saturated heterocycles. The van der Waals surface area contributed by atoms with Gasteiger partial charge in [0.15, 0.2) is 0 Å². The second-order valence-corrected chi connectivity index (χ2v) is 11.8. The van der Waals surface area contributed by atoms with Crippen LogP contribution in [-0.2, 0) is 4.79 Å². The second-order valence-electron chi connectivity index (χ2n) is 6.17. The third-order valence-corrected chi connectivity index (χ3v) is 6.46. The van der Waals surface area contributed by atoms with Crippen molar-refractivity contribution in [3.05, 3.63) is 28.8 Å². The van der Waals surface area contributed by atoms with Gasteiger partial charge in [0.2, 0.25) is 0 Å². The van der Waals surface area contributed by atoms with E-state index in [1.54, 1.807) is 0 Å². The van der Waals surface area contributed by atoms with E-state index in [0.717, 1.165) is 16.8 Å². The number of benzene rings is 1. The Bertz CT molecular complexity index is 515. The molecule has 0 aliphatic carbocycles. The summed E-state index contributed by atoms with van der Waals surface area (Å²) in [7, 11) is -1.49. The predicted octanol–water partition coefficient (Wildman–Crippen LogP) is 3.14. The average Bonchev–Trinajstić information content (AvgIpc) is 2.30. The van der Waals surface area contributed by atoms with Crippen LogP contribution < -0.4 is 5.32 Å². The van der Waals surface area contributed by atoms with Gasteiger partial charge in [-0.15, -0.1) is 0 Å². The van der Waals surface area contributed by atoms with Gasteiger partial charge in [0.25, 0.3) is 0 Å². The fourth-order valence-corrected chi connectivity index (χ4v) is 2.71. The number of carbonyl (C=O) groups is 1. The zero-order valence-corrected chi connectivity index (χ0v) is 13.6. The normalized spacial score (nSPS) is 13.5. The minimum absolute atomic E-state index is 0.0574. The number of aryl methyl sites for hydroxylation is 2. The third kappa shape index (κ3) is 3.78. The summed E-state index contributed by atoms with van der Waals surface area (Å²) in [5.41, 5.74) is 3.41. The van der Waals surface area contributed by atoms with Gasteiger partial charge in [-0.25, -0.2) is 0 Å². The van der Waals surface area contributed by atoms with E-state index in [-0.39, 0.29) is 11.6 Å². The van der Waals surface area contributed by atoms with Crippen molar-refractivity contribution in [3.8, 4) is 6.07 Å². The SMILES string of the molecule is Cc1cc(C#N)cc(C)c1NC(=O)C(C)[PH](C)(C)C. The van der Waals surface area contributed by atoms with Gasteiger partial charge in [0.1, 0.15) is 0 Å². The first-order chi connectivity index (χ1) is 8.66. The Morgan fingerprint density at radius 2 is 1.74 bits per heavy atom. The molecule has 1 N–H and O–H groups in total. The molecule has 0 heterocycles. The Balaban J connectivity index is 3.02. The van der Waals surface area contributed by atoms with Crippen molar-refractivity contribution in [1.29, 1.82) is 5.26 Å². The second kappa shape index (κ2) is 5.72. The number of anilines is 1. The Morgan fingerprint density at radius 3 is 2.11 bits per heavy atom. The fourth-order valence-electron chi connectivity index (χ4n) is 1.85. The van der Waals surface area contributed by atoms with Crippen molar-refractivity contribution in [2.75, 3.05) is 25.3 Å². The molecule has 0 aliphatic heterocycles. The molecular weight excluding hydrogens is 255 g/mol. The summed E-state index contributed by atoms with van der Waals surface area (Å²) in [4.78, 5) is 12.3. The van der Waals surface area contributed by atoms with E-state index >= 15 is 0 Å². The van der Waals surface area contributed by atoms with Crippen LogP contribution in [0.4, 0.5) is 5.69 Å². The number of nitriles is 1. The summed E-state index contributed by atoms with van der Waals surface area (Å²) in [6.45, 7) is 12.4. The topological polar surface area (TPSA) is 52.9 Å². The Kier molecular flexibility index (Phi) is 4.71. The number of nitrogens with zero attached hydrogens (tertiary/aromatic N) is 1. The molecule has 0 bridgehead atoms. The van der Waals surface area contributed by atoms with Crippen LogP contribution in [0.2, 0.25) is 0 Å². The molecule has 0 spiro atoms.